The summed E-state index contributed by atoms with van der Waals surface area (Å²) in [5, 5.41) is 8.93. The van der Waals surface area contributed by atoms with Crippen LogP contribution in [-0.2, 0) is 75.6 Å². The van der Waals surface area contributed by atoms with Gasteiger partial charge in [0.1, 0.15) is 46.4 Å². The van der Waals surface area contributed by atoms with Crippen molar-refractivity contribution in [1.29, 1.82) is 0 Å². The van der Waals surface area contributed by atoms with E-state index in [1.54, 1.807) is 0 Å². The van der Waals surface area contributed by atoms with Crippen molar-refractivity contribution in [2.45, 2.75) is 40.5 Å². The number of rotatable bonds is 12. The van der Waals surface area contributed by atoms with E-state index < -0.39 is 59.4 Å². The van der Waals surface area contributed by atoms with Crippen molar-refractivity contribution < 1.29 is 92.4 Å². The molecule has 22 heteroatoms. The Balaban J connectivity index is 0.000000488. The Labute approximate surface area is 437 Å². The maximum absolute atomic E-state index is 9.16. The van der Waals surface area contributed by atoms with E-state index >= 15 is 0 Å². The molecule has 0 unspecified atom stereocenters. The van der Waals surface area contributed by atoms with E-state index in [0.29, 0.717) is 11.8 Å². The van der Waals surface area contributed by atoms with E-state index in [9.17, 15) is 0 Å². The zero-order chi connectivity index (χ0) is 51.7. The van der Waals surface area contributed by atoms with E-state index in [1.807, 2.05) is 56.4 Å². The van der Waals surface area contributed by atoms with Crippen molar-refractivity contribution in [1.82, 2.24) is 0 Å². The zero-order valence-corrected chi connectivity index (χ0v) is 50.1. The summed E-state index contributed by atoms with van der Waals surface area (Å²) >= 11 is -10.1. The molecule has 0 saturated carbocycles. The van der Waals surface area contributed by atoms with Crippen LogP contribution in [0.2, 0.25) is 0 Å². The average molecular weight is 1400 g/mol. The van der Waals surface area contributed by atoms with Crippen LogP contribution in [0.3, 0.4) is 0 Å². The molecular weight excluding hydrogens is 1350 g/mol. The second-order valence-electron chi connectivity index (χ2n) is 14.9. The Bertz CT molecular complexity index is 2290. The number of hydrogen-bond donors (Lipinski definition) is 2. The molecule has 6 aromatic carbocycles. The van der Waals surface area contributed by atoms with Crippen LogP contribution in [0, 0.1) is 11.8 Å². The van der Waals surface area contributed by atoms with Crippen LogP contribution in [0.4, 0.5) is 0 Å². The first kappa shape index (κ1) is 64.4. The molecule has 0 heterocycles. The quantitative estimate of drug-likeness (QED) is 0.0866. The molecule has 0 atom stereocenters. The Morgan fingerprint density at radius 2 is 0.485 bits per heavy atom. The molecular formula is C46H54Br4Mn4O12P2. The van der Waals surface area contributed by atoms with Gasteiger partial charge in [0.2, 0.25) is 0 Å². The van der Waals surface area contributed by atoms with Gasteiger partial charge < -0.3 is 0 Å². The summed E-state index contributed by atoms with van der Waals surface area (Å²) in [4.78, 5) is 0. The van der Waals surface area contributed by atoms with Gasteiger partial charge >= 0.3 is 149 Å². The molecule has 0 radical (unpaired) electrons. The first-order chi connectivity index (χ1) is 31.5. The second-order valence-corrected chi connectivity index (χ2v) is 39.1. The van der Waals surface area contributed by atoms with Crippen molar-refractivity contribution in [3.8, 4) is 0 Å². The first-order valence-corrected chi connectivity index (χ1v) is 41.5. The van der Waals surface area contributed by atoms with E-state index in [0.717, 1.165) is 0 Å². The molecule has 2 N–H and O–H groups in total. The fourth-order valence-corrected chi connectivity index (χ4v) is 15.9. The predicted molar refractivity (Wildman–Crippen MR) is 265 cm³/mol. The second kappa shape index (κ2) is 31.8. The van der Waals surface area contributed by atoms with Gasteiger partial charge in [-0.3, -0.25) is 0 Å². The molecule has 0 spiro atoms. The van der Waals surface area contributed by atoms with Crippen molar-refractivity contribution in [2.75, 3.05) is 12.3 Å². The Hall–Kier alpha value is -1.58. The summed E-state index contributed by atoms with van der Waals surface area (Å²) in [6, 6.07) is 66.9. The molecule has 0 aliphatic rings. The molecule has 0 amide bonds. The Morgan fingerprint density at radius 3 is 0.588 bits per heavy atom. The minimum atomic E-state index is -4.56. The van der Waals surface area contributed by atoms with E-state index in [4.69, 9.17) is 47.4 Å². The average Bonchev–Trinajstić information content (AvgIpc) is 3.24. The molecule has 376 valence electrons. The van der Waals surface area contributed by atoms with Crippen LogP contribution in [0.15, 0.2) is 182 Å². The van der Waals surface area contributed by atoms with Crippen molar-refractivity contribution in [3.63, 3.8) is 0 Å². The molecule has 0 bridgehead atoms. The van der Waals surface area contributed by atoms with Gasteiger partial charge in [-0.05, 0) is 97.5 Å². The van der Waals surface area contributed by atoms with Crippen molar-refractivity contribution >= 4 is 103 Å². The maximum atomic E-state index is 9.16. The normalized spacial score (nSPS) is 11.6. The number of benzene rings is 6. The van der Waals surface area contributed by atoms with Gasteiger partial charge in [0.15, 0.2) is 0 Å². The molecule has 68 heavy (non-hydrogen) atoms. The van der Waals surface area contributed by atoms with Gasteiger partial charge in [-0.2, -0.15) is 0 Å². The molecule has 0 aliphatic carbocycles. The van der Waals surface area contributed by atoms with Gasteiger partial charge in [0.25, 0.3) is 0 Å². The van der Waals surface area contributed by atoms with Gasteiger partial charge in [0, 0.05) is 0 Å². The summed E-state index contributed by atoms with van der Waals surface area (Å²) in [7, 11) is -3.21. The standard InChI is InChI=1S/2C23H26P.4BrH.4Mn.2H2O.10O/c2*1-20(2)18-19-24(21-12-6-3-7-13-21,22-14-8-4-9-15-22)23-16-10-5-11-17-23;;;;;;;;;;;;;;;;;;;;/h2*3-17,20H,18-19H2,1-2H3;4*1H;;;;;2*1H2;;;;;;;;;;/q2*+1;;;;;2*+1;2*+2;;;;;;;;;;;2*-1/p-6. The van der Waals surface area contributed by atoms with Crippen LogP contribution in [-0.4, -0.2) is 20.7 Å². The minimum absolute atomic E-state index is 0.709. The van der Waals surface area contributed by atoms with Crippen LogP contribution in [0.25, 0.3) is 0 Å². The summed E-state index contributed by atoms with van der Waals surface area (Å²) in [6.07, 6.45) is 4.93. The third-order valence-corrected chi connectivity index (χ3v) is 18.2. The third kappa shape index (κ3) is 29.1. The van der Waals surface area contributed by atoms with Gasteiger partial charge in [0.05, 0.1) is 12.3 Å². The Kier molecular flexibility index (Phi) is 30.1. The molecule has 0 fully saturated rings. The fourth-order valence-electron chi connectivity index (χ4n) is 6.67. The summed E-state index contributed by atoms with van der Waals surface area (Å²) < 4.78 is 106. The van der Waals surface area contributed by atoms with Crippen LogP contribution >= 0.6 is 71.0 Å². The topological polar surface area (TPSA) is 223 Å². The summed E-state index contributed by atoms with van der Waals surface area (Å²) in [6.45, 7) is 9.32. The summed E-state index contributed by atoms with van der Waals surface area (Å²) in [5.41, 5.74) is 0. The zero-order valence-electron chi connectivity index (χ0n) is 37.2. The van der Waals surface area contributed by atoms with E-state index in [2.05, 4.69) is 210 Å². The van der Waals surface area contributed by atoms with Crippen molar-refractivity contribution in [3.05, 3.63) is 182 Å². The van der Waals surface area contributed by atoms with Crippen LogP contribution in [0.5, 0.6) is 0 Å². The van der Waals surface area contributed by atoms with Gasteiger partial charge in [-0.1, -0.05) is 137 Å². The van der Waals surface area contributed by atoms with Gasteiger partial charge in [-0.25, -0.2) is 0 Å². The first-order valence-electron chi connectivity index (χ1n) is 20.0. The van der Waals surface area contributed by atoms with Crippen LogP contribution in [0.1, 0.15) is 40.5 Å². The van der Waals surface area contributed by atoms with Gasteiger partial charge in [-0.15, -0.1) is 0 Å². The molecule has 12 nitrogen and oxygen atoms in total. The monoisotopic (exact) mass is 1400 g/mol. The Morgan fingerprint density at radius 1 is 0.368 bits per heavy atom. The molecule has 0 saturated heterocycles. The van der Waals surface area contributed by atoms with E-state index in [-0.39, 0.29) is 0 Å². The molecule has 0 aliphatic heterocycles. The fraction of sp³-hybridized carbons (Fsp3) is 0.217. The predicted octanol–water partition coefficient (Wildman–Crippen LogP) is 8.98. The summed E-state index contributed by atoms with van der Waals surface area (Å²) in [5.74, 6) is 1.42. The van der Waals surface area contributed by atoms with Crippen LogP contribution < -0.4 is 40.2 Å². The van der Waals surface area contributed by atoms with Crippen molar-refractivity contribution in [2.24, 2.45) is 11.8 Å². The molecule has 6 aromatic rings. The molecule has 0 aromatic heterocycles. The third-order valence-electron chi connectivity index (χ3n) is 9.27. The molecule has 6 rings (SSSR count). The number of halogens is 4. The van der Waals surface area contributed by atoms with E-state index in [1.165, 1.54) is 57.0 Å². The number of hydrogen-bond acceptors (Lipinski definition) is 10. The SMILES string of the molecule is CC(C)CC[P+](c1ccccc1)(c1ccccc1)c1ccccc1.CC(C)CC[P+](c1ccccc1)(c1ccccc1)c1ccccc1.[O]=[Mn](=[O])([O-])[Br].[O]=[Mn](=[O])([O-])[Br].[O]=[Mn](=[O])([OH])[Br].[O]=[Mn](=[O])([OH])[Br].